The van der Waals surface area contributed by atoms with Gasteiger partial charge in [0, 0.05) is 9.80 Å². The second-order valence-electron chi connectivity index (χ2n) is 4.68. The first-order valence-electron chi connectivity index (χ1n) is 6.22. The van der Waals surface area contributed by atoms with Crippen molar-refractivity contribution in [3.63, 3.8) is 0 Å². The van der Waals surface area contributed by atoms with E-state index in [0.717, 1.165) is 22.6 Å². The molecule has 0 radical (unpaired) electrons. The average Bonchev–Trinajstić information content (AvgIpc) is 2.43. The predicted molar refractivity (Wildman–Crippen MR) is 85.2 cm³/mol. The van der Waals surface area contributed by atoms with E-state index in [1.54, 1.807) is 0 Å². The minimum Gasteiger partial charge on any atom is -0.207 e. The van der Waals surface area contributed by atoms with Crippen LogP contribution in [0.2, 0.25) is 0 Å². The molecule has 0 aliphatic rings. The molecule has 1 unspecified atom stereocenters. The van der Waals surface area contributed by atoms with Gasteiger partial charge in [0.05, 0.1) is 0 Å². The van der Waals surface area contributed by atoms with Gasteiger partial charge in [0.1, 0.15) is 5.82 Å². The summed E-state index contributed by atoms with van der Waals surface area (Å²) in [5.74, 6) is 0.346. The molecule has 0 saturated carbocycles. The molecule has 0 aliphatic carbocycles. The molecule has 0 N–H and O–H groups in total. The minimum atomic E-state index is -0.174. The molecule has 3 heteroatoms. The van der Waals surface area contributed by atoms with Crippen molar-refractivity contribution in [2.75, 3.05) is 5.33 Å². The average molecular weight is 386 g/mol. The van der Waals surface area contributed by atoms with Crippen molar-refractivity contribution in [3.8, 4) is 0 Å². The Morgan fingerprint density at radius 3 is 1.79 bits per heavy atom. The maximum atomic E-state index is 12.9. The largest absolute Gasteiger partial charge is 0.207 e. The zero-order valence-corrected chi connectivity index (χ0v) is 13.6. The van der Waals surface area contributed by atoms with Gasteiger partial charge in [0.15, 0.2) is 0 Å². The molecule has 0 amide bonds. The van der Waals surface area contributed by atoms with Crippen molar-refractivity contribution in [2.45, 2.75) is 12.8 Å². The summed E-state index contributed by atoms with van der Waals surface area (Å²) in [4.78, 5) is 0. The smallest absolute Gasteiger partial charge is 0.123 e. The highest BCUT2D eigenvalue weighted by Crippen LogP contribution is 2.19. The molecule has 19 heavy (non-hydrogen) atoms. The molecule has 100 valence electrons. The van der Waals surface area contributed by atoms with Crippen molar-refractivity contribution in [1.82, 2.24) is 0 Å². The van der Waals surface area contributed by atoms with Crippen LogP contribution in [0.3, 0.4) is 0 Å². The normalized spacial score (nSPS) is 12.4. The van der Waals surface area contributed by atoms with Crippen molar-refractivity contribution >= 4 is 31.9 Å². The highest BCUT2D eigenvalue weighted by Gasteiger charge is 2.09. The molecule has 2 aromatic rings. The van der Waals surface area contributed by atoms with Crippen LogP contribution in [0.4, 0.5) is 4.39 Å². The molecule has 0 spiro atoms. The van der Waals surface area contributed by atoms with Gasteiger partial charge in [-0.25, -0.2) is 4.39 Å². The second kappa shape index (κ2) is 7.20. The number of hydrogen-bond acceptors (Lipinski definition) is 0. The summed E-state index contributed by atoms with van der Waals surface area (Å²) in [7, 11) is 0. The van der Waals surface area contributed by atoms with Crippen molar-refractivity contribution in [3.05, 3.63) is 69.9 Å². The lowest BCUT2D eigenvalue weighted by Gasteiger charge is -2.14. The predicted octanol–water partition coefficient (Wildman–Crippen LogP) is 5.38. The van der Waals surface area contributed by atoms with Gasteiger partial charge in [0.25, 0.3) is 0 Å². The molecule has 0 nitrogen and oxygen atoms in total. The molecule has 2 aromatic carbocycles. The van der Waals surface area contributed by atoms with Crippen molar-refractivity contribution in [1.29, 1.82) is 0 Å². The van der Waals surface area contributed by atoms with E-state index in [-0.39, 0.29) is 5.82 Å². The van der Waals surface area contributed by atoms with Gasteiger partial charge < -0.3 is 0 Å². The van der Waals surface area contributed by atoms with Crippen LogP contribution in [0, 0.1) is 11.7 Å². The van der Waals surface area contributed by atoms with Gasteiger partial charge in [-0.05, 0) is 54.2 Å². The highest BCUT2D eigenvalue weighted by molar-refractivity contribution is 9.10. The first-order chi connectivity index (χ1) is 9.17. The molecule has 0 saturated heterocycles. The van der Waals surface area contributed by atoms with E-state index >= 15 is 0 Å². The molecule has 2 rings (SSSR count). The van der Waals surface area contributed by atoms with Crippen LogP contribution in [0.1, 0.15) is 11.1 Å². The van der Waals surface area contributed by atoms with Gasteiger partial charge in [-0.1, -0.05) is 56.1 Å². The molecular formula is C16H15Br2F. The Bertz CT molecular complexity index is 458. The van der Waals surface area contributed by atoms with E-state index in [0.29, 0.717) is 5.92 Å². The van der Waals surface area contributed by atoms with Crippen LogP contribution >= 0.6 is 31.9 Å². The summed E-state index contributed by atoms with van der Waals surface area (Å²) in [6.45, 7) is 0. The fraction of sp³-hybridized carbons (Fsp3) is 0.250. The van der Waals surface area contributed by atoms with E-state index < -0.39 is 0 Å². The number of rotatable bonds is 5. The highest BCUT2D eigenvalue weighted by atomic mass is 79.9. The fourth-order valence-corrected chi connectivity index (χ4v) is 2.81. The van der Waals surface area contributed by atoms with Crippen LogP contribution < -0.4 is 0 Å². The lowest BCUT2D eigenvalue weighted by Crippen LogP contribution is -2.10. The van der Waals surface area contributed by atoms with Gasteiger partial charge >= 0.3 is 0 Å². The number of hydrogen-bond donors (Lipinski definition) is 0. The van der Waals surface area contributed by atoms with E-state index in [1.165, 1.54) is 23.3 Å². The summed E-state index contributed by atoms with van der Waals surface area (Å²) >= 11 is 7.02. The monoisotopic (exact) mass is 384 g/mol. The third kappa shape index (κ3) is 4.73. The molecule has 0 heterocycles. The first kappa shape index (κ1) is 14.7. The molecule has 1 atom stereocenters. The van der Waals surface area contributed by atoms with Crippen molar-refractivity contribution < 1.29 is 4.39 Å². The summed E-state index contributed by atoms with van der Waals surface area (Å²) < 4.78 is 14.0. The molecular weight excluding hydrogens is 371 g/mol. The van der Waals surface area contributed by atoms with Crippen LogP contribution in [0.15, 0.2) is 53.0 Å². The zero-order chi connectivity index (χ0) is 13.7. The van der Waals surface area contributed by atoms with Gasteiger partial charge in [-0.2, -0.15) is 0 Å². The summed E-state index contributed by atoms with van der Waals surface area (Å²) in [5.41, 5.74) is 2.51. The number of alkyl halides is 1. The zero-order valence-electron chi connectivity index (χ0n) is 10.5. The van der Waals surface area contributed by atoms with E-state index in [2.05, 4.69) is 56.1 Å². The minimum absolute atomic E-state index is 0.174. The van der Waals surface area contributed by atoms with Crippen LogP contribution in [-0.4, -0.2) is 5.33 Å². The van der Waals surface area contributed by atoms with Crippen LogP contribution in [0.25, 0.3) is 0 Å². The third-order valence-electron chi connectivity index (χ3n) is 3.09. The molecule has 0 aliphatic heterocycles. The first-order valence-corrected chi connectivity index (χ1v) is 8.13. The van der Waals surface area contributed by atoms with Gasteiger partial charge in [-0.15, -0.1) is 0 Å². The van der Waals surface area contributed by atoms with E-state index in [9.17, 15) is 4.39 Å². The van der Waals surface area contributed by atoms with Crippen LogP contribution in [0.5, 0.6) is 0 Å². The maximum absolute atomic E-state index is 12.9. The van der Waals surface area contributed by atoms with Crippen LogP contribution in [-0.2, 0) is 12.8 Å². The number of halogens is 3. The topological polar surface area (TPSA) is 0 Å². The van der Waals surface area contributed by atoms with Gasteiger partial charge in [0.2, 0.25) is 0 Å². The second-order valence-corrected chi connectivity index (χ2v) is 6.24. The Balaban J connectivity index is 2.00. The SMILES string of the molecule is Fc1ccc(CC(CBr)Cc2ccc(Br)cc2)cc1. The maximum Gasteiger partial charge on any atom is 0.123 e. The summed E-state index contributed by atoms with van der Waals surface area (Å²) in [6, 6.07) is 15.2. The number of benzene rings is 2. The van der Waals surface area contributed by atoms with Crippen molar-refractivity contribution in [2.24, 2.45) is 5.92 Å². The Labute approximate surface area is 130 Å². The Morgan fingerprint density at radius 2 is 1.32 bits per heavy atom. The van der Waals surface area contributed by atoms with E-state index in [1.807, 2.05) is 12.1 Å². The van der Waals surface area contributed by atoms with Gasteiger partial charge in [-0.3, -0.25) is 0 Å². The summed E-state index contributed by atoms with van der Waals surface area (Å²) in [5, 5.41) is 0.945. The third-order valence-corrected chi connectivity index (χ3v) is 4.54. The molecule has 0 fully saturated rings. The lowest BCUT2D eigenvalue weighted by molar-refractivity contribution is 0.587. The standard InChI is InChI=1S/C16H15Br2F/c17-11-14(9-12-1-5-15(18)6-2-12)10-13-3-7-16(19)8-4-13/h1-8,14H,9-11H2. The summed E-state index contributed by atoms with van der Waals surface area (Å²) in [6.07, 6.45) is 1.98. The van der Waals surface area contributed by atoms with E-state index in [4.69, 9.17) is 0 Å². The quantitative estimate of drug-likeness (QED) is 0.605. The Hall–Kier alpha value is -0.670. The lowest BCUT2D eigenvalue weighted by atomic mass is 9.94. The molecule has 0 bridgehead atoms. The Morgan fingerprint density at radius 1 is 0.842 bits per heavy atom. The fourth-order valence-electron chi connectivity index (χ4n) is 2.09. The molecule has 0 aromatic heterocycles. The Kier molecular flexibility index (Phi) is 5.59.